The molecule has 0 aromatic heterocycles. The molecule has 2 nitrogen and oxygen atoms in total. The summed E-state index contributed by atoms with van der Waals surface area (Å²) in [5, 5.41) is 17.6. The fourth-order valence-electron chi connectivity index (χ4n) is 1.12. The average molecular weight is 266 g/mol. The first-order chi connectivity index (χ1) is 7.93. The molecular formula is C11H13F3O2S. The summed E-state index contributed by atoms with van der Waals surface area (Å²) in [7, 11) is 0. The van der Waals surface area contributed by atoms with Crippen LogP contribution in [0.25, 0.3) is 0 Å². The van der Waals surface area contributed by atoms with Crippen molar-refractivity contribution in [2.75, 3.05) is 5.75 Å². The normalized spacial score (nSPS) is 13.7. The molecule has 2 N–H and O–H groups in total. The van der Waals surface area contributed by atoms with E-state index in [1.807, 2.05) is 0 Å². The Balaban J connectivity index is 2.35. The van der Waals surface area contributed by atoms with Crippen molar-refractivity contribution in [1.29, 1.82) is 0 Å². The lowest BCUT2D eigenvalue weighted by molar-refractivity contribution is -0.195. The van der Waals surface area contributed by atoms with Gasteiger partial charge in [0, 0.05) is 11.5 Å². The van der Waals surface area contributed by atoms with E-state index in [0.29, 0.717) is 5.75 Å². The summed E-state index contributed by atoms with van der Waals surface area (Å²) in [5.74, 6) is 0.0318. The minimum Gasteiger partial charge on any atom is -0.392 e. The summed E-state index contributed by atoms with van der Waals surface area (Å²) < 4.78 is 35.9. The Bertz CT molecular complexity index is 338. The third-order valence-electron chi connectivity index (χ3n) is 2.13. The zero-order valence-corrected chi connectivity index (χ0v) is 9.76. The Morgan fingerprint density at radius 1 is 1.12 bits per heavy atom. The number of halogens is 3. The van der Waals surface area contributed by atoms with Crippen LogP contribution in [0.5, 0.6) is 0 Å². The molecule has 0 amide bonds. The Hall–Kier alpha value is -0.720. The second-order valence-corrected chi connectivity index (χ2v) is 4.58. The van der Waals surface area contributed by atoms with Gasteiger partial charge in [0.05, 0.1) is 6.61 Å². The van der Waals surface area contributed by atoms with Gasteiger partial charge in [0.2, 0.25) is 0 Å². The van der Waals surface area contributed by atoms with Gasteiger partial charge < -0.3 is 10.2 Å². The van der Waals surface area contributed by atoms with Crippen LogP contribution in [0.4, 0.5) is 13.2 Å². The molecule has 0 bridgehead atoms. The van der Waals surface area contributed by atoms with Crippen molar-refractivity contribution >= 4 is 11.8 Å². The van der Waals surface area contributed by atoms with Crippen molar-refractivity contribution in [2.24, 2.45) is 0 Å². The lowest BCUT2D eigenvalue weighted by Gasteiger charge is -2.13. The first kappa shape index (κ1) is 14.3. The molecule has 0 radical (unpaired) electrons. The quantitative estimate of drug-likeness (QED) is 0.859. The van der Waals surface area contributed by atoms with E-state index in [0.717, 1.165) is 22.9 Å². The van der Waals surface area contributed by atoms with Gasteiger partial charge in [-0.25, -0.2) is 0 Å². The molecule has 1 aromatic carbocycles. The fraction of sp³-hybridized carbons (Fsp3) is 0.455. The van der Waals surface area contributed by atoms with E-state index >= 15 is 0 Å². The van der Waals surface area contributed by atoms with E-state index in [4.69, 9.17) is 10.2 Å². The first-order valence-electron chi connectivity index (χ1n) is 4.94. The number of benzene rings is 1. The van der Waals surface area contributed by atoms with Crippen LogP contribution in [-0.2, 0) is 12.4 Å². The maximum absolute atomic E-state index is 12.0. The van der Waals surface area contributed by atoms with Crippen molar-refractivity contribution in [3.8, 4) is 0 Å². The van der Waals surface area contributed by atoms with Crippen LogP contribution in [-0.4, -0.2) is 28.2 Å². The molecule has 17 heavy (non-hydrogen) atoms. The molecule has 0 heterocycles. The van der Waals surface area contributed by atoms with Crippen molar-refractivity contribution in [1.82, 2.24) is 0 Å². The number of thioether (sulfide) groups is 1. The fourth-order valence-corrected chi connectivity index (χ4v) is 2.08. The third kappa shape index (κ3) is 4.97. The van der Waals surface area contributed by atoms with Crippen LogP contribution in [0.2, 0.25) is 0 Å². The van der Waals surface area contributed by atoms with Gasteiger partial charge in [0.1, 0.15) is 0 Å². The minimum absolute atomic E-state index is 0.0553. The number of aliphatic hydroxyl groups excluding tert-OH is 2. The summed E-state index contributed by atoms with van der Waals surface area (Å²) >= 11 is 1.02. The maximum atomic E-state index is 12.0. The zero-order chi connectivity index (χ0) is 12.9. The standard InChI is InChI=1S/C11H13F3O2S/c12-11(13,14)10(16)7-17-6-9-3-1-8(5-15)2-4-9/h1-4,10,15-16H,5-7H2/t10-/m0/s1. The van der Waals surface area contributed by atoms with Gasteiger partial charge in [-0.1, -0.05) is 24.3 Å². The molecule has 0 saturated carbocycles. The smallest absolute Gasteiger partial charge is 0.392 e. The van der Waals surface area contributed by atoms with E-state index in [2.05, 4.69) is 0 Å². The summed E-state index contributed by atoms with van der Waals surface area (Å²) in [4.78, 5) is 0. The topological polar surface area (TPSA) is 40.5 Å². The third-order valence-corrected chi connectivity index (χ3v) is 3.22. The summed E-state index contributed by atoms with van der Waals surface area (Å²) in [5.41, 5.74) is 1.62. The molecule has 1 aromatic rings. The Morgan fingerprint density at radius 3 is 2.12 bits per heavy atom. The predicted molar refractivity (Wildman–Crippen MR) is 60.6 cm³/mol. The molecule has 0 unspecified atom stereocenters. The molecule has 6 heteroatoms. The van der Waals surface area contributed by atoms with Crippen molar-refractivity contribution < 1.29 is 23.4 Å². The van der Waals surface area contributed by atoms with Crippen LogP contribution in [0.15, 0.2) is 24.3 Å². The molecule has 0 aliphatic carbocycles. The van der Waals surface area contributed by atoms with E-state index in [1.165, 1.54) is 0 Å². The van der Waals surface area contributed by atoms with Gasteiger partial charge in [-0.3, -0.25) is 0 Å². The van der Waals surface area contributed by atoms with E-state index in [9.17, 15) is 13.2 Å². The number of alkyl halides is 3. The van der Waals surface area contributed by atoms with Gasteiger partial charge in [-0.2, -0.15) is 24.9 Å². The average Bonchev–Trinajstić information content (AvgIpc) is 2.28. The highest BCUT2D eigenvalue weighted by Gasteiger charge is 2.37. The maximum Gasteiger partial charge on any atom is 0.415 e. The molecule has 1 rings (SSSR count). The highest BCUT2D eigenvalue weighted by Crippen LogP contribution is 2.24. The van der Waals surface area contributed by atoms with Gasteiger partial charge in [-0.05, 0) is 11.1 Å². The van der Waals surface area contributed by atoms with Crippen LogP contribution < -0.4 is 0 Å². The zero-order valence-electron chi connectivity index (χ0n) is 8.94. The molecule has 0 fully saturated rings. The molecule has 0 spiro atoms. The van der Waals surface area contributed by atoms with Crippen LogP contribution >= 0.6 is 11.8 Å². The summed E-state index contributed by atoms with van der Waals surface area (Å²) in [6.45, 7) is -0.0553. The number of hydrogen-bond donors (Lipinski definition) is 2. The Morgan fingerprint density at radius 2 is 1.65 bits per heavy atom. The van der Waals surface area contributed by atoms with Gasteiger partial charge >= 0.3 is 6.18 Å². The molecule has 0 aliphatic rings. The predicted octanol–water partition coefficient (Wildman–Crippen LogP) is 2.34. The SMILES string of the molecule is OCc1ccc(CSC[C@H](O)C(F)(F)F)cc1. The number of aliphatic hydroxyl groups is 2. The molecule has 1 atom stereocenters. The minimum atomic E-state index is -4.55. The van der Waals surface area contributed by atoms with E-state index in [1.54, 1.807) is 24.3 Å². The molecule has 96 valence electrons. The Kier molecular flexibility index (Phi) is 5.30. The second kappa shape index (κ2) is 6.28. The summed E-state index contributed by atoms with van der Waals surface area (Å²) in [6.07, 6.45) is -6.82. The first-order valence-corrected chi connectivity index (χ1v) is 6.10. The molecule has 0 aliphatic heterocycles. The Labute approximate surface area is 101 Å². The van der Waals surface area contributed by atoms with E-state index < -0.39 is 12.3 Å². The highest BCUT2D eigenvalue weighted by atomic mass is 32.2. The van der Waals surface area contributed by atoms with Crippen LogP contribution in [0.3, 0.4) is 0 Å². The van der Waals surface area contributed by atoms with Crippen LogP contribution in [0.1, 0.15) is 11.1 Å². The monoisotopic (exact) mass is 266 g/mol. The molecular weight excluding hydrogens is 253 g/mol. The van der Waals surface area contributed by atoms with Gasteiger partial charge in [0.15, 0.2) is 6.10 Å². The lowest BCUT2D eigenvalue weighted by atomic mass is 10.2. The van der Waals surface area contributed by atoms with Crippen molar-refractivity contribution in [3.63, 3.8) is 0 Å². The van der Waals surface area contributed by atoms with Crippen LogP contribution in [0, 0.1) is 0 Å². The lowest BCUT2D eigenvalue weighted by Crippen LogP contribution is -2.30. The second-order valence-electron chi connectivity index (χ2n) is 3.55. The number of rotatable bonds is 5. The number of hydrogen-bond acceptors (Lipinski definition) is 3. The van der Waals surface area contributed by atoms with Crippen molar-refractivity contribution in [3.05, 3.63) is 35.4 Å². The summed E-state index contributed by atoms with van der Waals surface area (Å²) in [6, 6.07) is 6.93. The van der Waals surface area contributed by atoms with E-state index in [-0.39, 0.29) is 12.4 Å². The molecule has 0 saturated heterocycles. The largest absolute Gasteiger partial charge is 0.415 e. The van der Waals surface area contributed by atoms with Gasteiger partial charge in [-0.15, -0.1) is 0 Å². The highest BCUT2D eigenvalue weighted by molar-refractivity contribution is 7.98. The van der Waals surface area contributed by atoms with Gasteiger partial charge in [0.25, 0.3) is 0 Å². The van der Waals surface area contributed by atoms with Crippen molar-refractivity contribution in [2.45, 2.75) is 24.6 Å².